The number of carbonyl (C=O) groups is 2. The largest absolute Gasteiger partial charge is 0.468 e. The van der Waals surface area contributed by atoms with Crippen LogP contribution < -0.4 is 19.1 Å². The molecule has 0 aromatic heterocycles. The summed E-state index contributed by atoms with van der Waals surface area (Å²) in [5, 5.41) is 0. The van der Waals surface area contributed by atoms with E-state index in [1.807, 2.05) is 72.6 Å². The normalized spacial score (nSPS) is 16.4. The summed E-state index contributed by atoms with van der Waals surface area (Å²) in [6.07, 6.45) is 0. The van der Waals surface area contributed by atoms with Gasteiger partial charge in [-0.15, -0.1) is 0 Å². The summed E-state index contributed by atoms with van der Waals surface area (Å²) in [6.45, 7) is 1.51. The van der Waals surface area contributed by atoms with Crippen LogP contribution in [0.4, 0.5) is 11.4 Å². The average molecular weight is 524 g/mol. The first-order valence-corrected chi connectivity index (χ1v) is 12.3. The summed E-state index contributed by atoms with van der Waals surface area (Å²) in [4.78, 5) is 26.7. The second-order valence-electron chi connectivity index (χ2n) is 9.25. The maximum atomic E-state index is 13.1. The van der Waals surface area contributed by atoms with Crippen molar-refractivity contribution in [2.75, 3.05) is 25.9 Å². The third-order valence-electron chi connectivity index (χ3n) is 6.89. The Morgan fingerprint density at radius 2 is 1.51 bits per heavy atom. The summed E-state index contributed by atoms with van der Waals surface area (Å²) in [5.41, 5.74) is 3.16. The lowest BCUT2D eigenvalue weighted by Crippen LogP contribution is -2.33. The molecule has 0 N–H and O–H groups in total. The molecule has 2 heterocycles. The van der Waals surface area contributed by atoms with Gasteiger partial charge in [-0.1, -0.05) is 18.2 Å². The van der Waals surface area contributed by atoms with E-state index >= 15 is 0 Å². The zero-order valence-electron chi connectivity index (χ0n) is 21.6. The highest BCUT2D eigenvalue weighted by atomic mass is 16.7. The van der Waals surface area contributed by atoms with Gasteiger partial charge in [0, 0.05) is 61.3 Å². The van der Waals surface area contributed by atoms with Crippen molar-refractivity contribution in [2.45, 2.75) is 12.5 Å². The van der Waals surface area contributed by atoms with Crippen molar-refractivity contribution in [1.82, 2.24) is 0 Å². The molecule has 0 saturated heterocycles. The smallest absolute Gasteiger partial charge is 0.340 e. The zero-order chi connectivity index (χ0) is 27.1. The first-order valence-electron chi connectivity index (χ1n) is 12.3. The Hall–Kier alpha value is -4.82. The monoisotopic (exact) mass is 523 g/mol. The van der Waals surface area contributed by atoms with Gasteiger partial charge in [0.2, 0.25) is 0 Å². The standard InChI is InChI=1S/C31H25NO7/c1-19(33)37-23-13-15-27-29(17-23)38-28-16-21(32(2)20-8-11-22(12-9-20)36-18-35-3)10-14-26(28)31(27)25-7-5-4-6-24(25)30(34)39-31/h4-17H,18H2,1-3H3. The van der Waals surface area contributed by atoms with Crippen LogP contribution in [0.1, 0.15) is 34.0 Å². The summed E-state index contributed by atoms with van der Waals surface area (Å²) < 4.78 is 28.4. The number of carbonyl (C=O) groups excluding carboxylic acids is 2. The van der Waals surface area contributed by atoms with Crippen LogP contribution in [0.2, 0.25) is 0 Å². The van der Waals surface area contributed by atoms with Crippen molar-refractivity contribution < 1.29 is 33.3 Å². The molecule has 6 rings (SSSR count). The number of benzene rings is 4. The second-order valence-corrected chi connectivity index (χ2v) is 9.25. The molecule has 0 aliphatic carbocycles. The molecule has 2 aliphatic heterocycles. The average Bonchev–Trinajstić information content (AvgIpc) is 3.24. The molecule has 1 unspecified atom stereocenters. The number of hydrogen-bond acceptors (Lipinski definition) is 8. The number of methoxy groups -OCH3 is 1. The minimum Gasteiger partial charge on any atom is -0.468 e. The van der Waals surface area contributed by atoms with E-state index in [1.54, 1.807) is 31.4 Å². The number of rotatable bonds is 6. The number of hydrogen-bond donors (Lipinski definition) is 0. The Morgan fingerprint density at radius 3 is 2.26 bits per heavy atom. The van der Waals surface area contributed by atoms with Gasteiger partial charge in [-0.05, 0) is 54.6 Å². The van der Waals surface area contributed by atoms with E-state index in [0.29, 0.717) is 39.7 Å². The molecule has 1 atom stereocenters. The highest BCUT2D eigenvalue weighted by molar-refractivity contribution is 5.97. The third-order valence-corrected chi connectivity index (χ3v) is 6.89. The topological polar surface area (TPSA) is 83.5 Å². The highest BCUT2D eigenvalue weighted by Crippen LogP contribution is 2.57. The van der Waals surface area contributed by atoms with Gasteiger partial charge in [0.15, 0.2) is 12.4 Å². The van der Waals surface area contributed by atoms with Crippen molar-refractivity contribution >= 4 is 23.3 Å². The summed E-state index contributed by atoms with van der Waals surface area (Å²) >= 11 is 0. The number of ether oxygens (including phenoxy) is 5. The molecule has 4 aromatic rings. The van der Waals surface area contributed by atoms with Crippen molar-refractivity contribution in [3.8, 4) is 23.0 Å². The number of esters is 2. The van der Waals surface area contributed by atoms with Gasteiger partial charge in [-0.3, -0.25) is 4.79 Å². The van der Waals surface area contributed by atoms with Crippen LogP contribution in [-0.2, 0) is 19.9 Å². The van der Waals surface area contributed by atoms with Gasteiger partial charge in [0.05, 0.1) is 5.56 Å². The van der Waals surface area contributed by atoms with Crippen LogP contribution >= 0.6 is 0 Å². The molecule has 2 aliphatic rings. The van der Waals surface area contributed by atoms with E-state index in [2.05, 4.69) is 0 Å². The lowest BCUT2D eigenvalue weighted by atomic mass is 9.77. The molecule has 196 valence electrons. The fourth-order valence-corrected chi connectivity index (χ4v) is 5.13. The molecule has 0 bridgehead atoms. The van der Waals surface area contributed by atoms with Crippen LogP contribution in [0.3, 0.4) is 0 Å². The van der Waals surface area contributed by atoms with Crippen LogP contribution in [0.25, 0.3) is 0 Å². The van der Waals surface area contributed by atoms with Crippen LogP contribution in [0, 0.1) is 0 Å². The van der Waals surface area contributed by atoms with Crippen molar-refractivity contribution in [3.63, 3.8) is 0 Å². The predicted molar refractivity (Wildman–Crippen MR) is 143 cm³/mol. The Kier molecular flexibility index (Phi) is 5.96. The Bertz CT molecular complexity index is 1600. The summed E-state index contributed by atoms with van der Waals surface area (Å²) in [6, 6.07) is 25.9. The molecule has 0 amide bonds. The molecule has 1 spiro atoms. The van der Waals surface area contributed by atoms with E-state index in [0.717, 1.165) is 16.9 Å². The number of fused-ring (bicyclic) bond motifs is 6. The van der Waals surface area contributed by atoms with Gasteiger partial charge in [-0.2, -0.15) is 0 Å². The van der Waals surface area contributed by atoms with Crippen LogP contribution in [0.15, 0.2) is 84.9 Å². The molecular weight excluding hydrogens is 498 g/mol. The Balaban J connectivity index is 1.45. The van der Waals surface area contributed by atoms with E-state index in [9.17, 15) is 9.59 Å². The minimum atomic E-state index is -1.21. The van der Waals surface area contributed by atoms with Gasteiger partial charge in [0.25, 0.3) is 0 Å². The van der Waals surface area contributed by atoms with Crippen LogP contribution in [0.5, 0.6) is 23.0 Å². The second kappa shape index (κ2) is 9.49. The zero-order valence-corrected chi connectivity index (χ0v) is 21.6. The molecule has 0 radical (unpaired) electrons. The lowest BCUT2D eigenvalue weighted by molar-refractivity contribution is -0.131. The number of nitrogens with zero attached hydrogens (tertiary/aromatic N) is 1. The van der Waals surface area contributed by atoms with Crippen molar-refractivity contribution in [2.24, 2.45) is 0 Å². The van der Waals surface area contributed by atoms with Crippen molar-refractivity contribution in [3.05, 3.63) is 107 Å². The van der Waals surface area contributed by atoms with Gasteiger partial charge in [0.1, 0.15) is 23.0 Å². The Morgan fingerprint density at radius 1 is 0.846 bits per heavy atom. The first-order chi connectivity index (χ1) is 18.9. The Labute approximate surface area is 225 Å². The molecule has 8 heteroatoms. The first kappa shape index (κ1) is 24.5. The summed E-state index contributed by atoms with van der Waals surface area (Å²) in [5.74, 6) is 1.14. The summed E-state index contributed by atoms with van der Waals surface area (Å²) in [7, 11) is 3.52. The minimum absolute atomic E-state index is 0.174. The van der Waals surface area contributed by atoms with E-state index < -0.39 is 17.5 Å². The van der Waals surface area contributed by atoms with Gasteiger partial charge >= 0.3 is 11.9 Å². The number of anilines is 2. The molecule has 4 aromatic carbocycles. The van der Waals surface area contributed by atoms with E-state index in [1.165, 1.54) is 6.92 Å². The molecular formula is C31H25NO7. The lowest BCUT2D eigenvalue weighted by Gasteiger charge is -2.37. The maximum absolute atomic E-state index is 13.1. The quantitative estimate of drug-likeness (QED) is 0.175. The predicted octanol–water partition coefficient (Wildman–Crippen LogP) is 5.93. The highest BCUT2D eigenvalue weighted by Gasteiger charge is 2.53. The van der Waals surface area contributed by atoms with E-state index in [4.69, 9.17) is 23.7 Å². The molecule has 8 nitrogen and oxygen atoms in total. The maximum Gasteiger partial charge on any atom is 0.340 e. The van der Waals surface area contributed by atoms with Gasteiger partial charge in [-0.25, -0.2) is 4.79 Å². The molecule has 39 heavy (non-hydrogen) atoms. The third kappa shape index (κ3) is 4.06. The van der Waals surface area contributed by atoms with E-state index in [-0.39, 0.29) is 6.79 Å². The van der Waals surface area contributed by atoms with Crippen LogP contribution in [-0.4, -0.2) is 32.9 Å². The fraction of sp³-hybridized carbons (Fsp3) is 0.161. The fourth-order valence-electron chi connectivity index (χ4n) is 5.13. The van der Waals surface area contributed by atoms with Crippen molar-refractivity contribution in [1.29, 1.82) is 0 Å². The SMILES string of the molecule is COCOc1ccc(N(C)c2ccc3c(c2)Oc2cc(OC(C)=O)ccc2C32OC(=O)c3ccccc32)cc1. The molecule has 0 saturated carbocycles. The molecule has 0 fully saturated rings. The van der Waals surface area contributed by atoms with Gasteiger partial charge < -0.3 is 28.6 Å².